The van der Waals surface area contributed by atoms with Gasteiger partial charge in [-0.25, -0.2) is 13.8 Å². The lowest BCUT2D eigenvalue weighted by atomic mass is 10.1. The number of nitrogens with two attached hydrogens (primary N) is 1. The Kier molecular flexibility index (Phi) is 5.46. The molecule has 0 aliphatic rings. The van der Waals surface area contributed by atoms with Crippen LogP contribution in [0.1, 0.15) is 27.5 Å². The Balaban J connectivity index is 1.83. The molecule has 0 aliphatic carbocycles. The number of carbonyl (C=O) groups is 2. The molecule has 4 heterocycles. The average molecular weight is 466 g/mol. The highest BCUT2D eigenvalue weighted by atomic mass is 35.5. The fourth-order valence-electron chi connectivity index (χ4n) is 3.05. The molecular formula is C19H14ClF2N5O3S. The SMILES string of the molecule is Cc1nn(CC(=O)Nc2c(C(N)=O)sc3nc(C(F)F)cc(-c4ccco4)c23)cc1Cl. The van der Waals surface area contributed by atoms with Crippen molar-refractivity contribution in [3.05, 3.63) is 51.9 Å². The topological polar surface area (TPSA) is 116 Å². The van der Waals surface area contributed by atoms with Crippen LogP contribution in [0.25, 0.3) is 21.5 Å². The van der Waals surface area contributed by atoms with Gasteiger partial charge in [0.15, 0.2) is 0 Å². The van der Waals surface area contributed by atoms with Crippen molar-refractivity contribution in [1.29, 1.82) is 0 Å². The van der Waals surface area contributed by atoms with E-state index < -0.39 is 23.9 Å². The summed E-state index contributed by atoms with van der Waals surface area (Å²) in [6.07, 6.45) is 0.0257. The number of nitrogens with zero attached hydrogens (tertiary/aromatic N) is 3. The molecule has 0 saturated heterocycles. The summed E-state index contributed by atoms with van der Waals surface area (Å²) in [7, 11) is 0. The summed E-state index contributed by atoms with van der Waals surface area (Å²) in [6, 6.07) is 4.33. The minimum Gasteiger partial charge on any atom is -0.464 e. The molecule has 0 saturated carbocycles. The number of primary amides is 1. The fourth-order valence-corrected chi connectivity index (χ4v) is 4.21. The first-order valence-corrected chi connectivity index (χ1v) is 10.0. The van der Waals surface area contributed by atoms with Crippen LogP contribution in [0.15, 0.2) is 35.1 Å². The molecule has 0 atom stereocenters. The first-order valence-electron chi connectivity index (χ1n) is 8.83. The van der Waals surface area contributed by atoms with E-state index in [1.807, 2.05) is 0 Å². The van der Waals surface area contributed by atoms with Crippen molar-refractivity contribution in [2.75, 3.05) is 5.32 Å². The molecule has 0 aliphatic heterocycles. The predicted molar refractivity (Wildman–Crippen MR) is 111 cm³/mol. The number of halogens is 3. The Hall–Kier alpha value is -3.31. The van der Waals surface area contributed by atoms with Crippen molar-refractivity contribution in [3.8, 4) is 11.3 Å². The molecule has 3 N–H and O–H groups in total. The molecule has 0 bridgehead atoms. The van der Waals surface area contributed by atoms with E-state index in [1.165, 1.54) is 17.1 Å². The minimum atomic E-state index is -2.84. The molecule has 2 amide bonds. The van der Waals surface area contributed by atoms with Gasteiger partial charge in [0.1, 0.15) is 27.7 Å². The quantitative estimate of drug-likeness (QED) is 0.438. The van der Waals surface area contributed by atoms with E-state index >= 15 is 0 Å². The maximum absolute atomic E-state index is 13.4. The van der Waals surface area contributed by atoms with Crippen molar-refractivity contribution in [1.82, 2.24) is 14.8 Å². The lowest BCUT2D eigenvalue weighted by Crippen LogP contribution is -2.21. The first-order chi connectivity index (χ1) is 14.7. The Bertz CT molecular complexity index is 1280. The van der Waals surface area contributed by atoms with Crippen LogP contribution < -0.4 is 11.1 Å². The van der Waals surface area contributed by atoms with Crippen LogP contribution in [0.5, 0.6) is 0 Å². The van der Waals surface area contributed by atoms with Crippen molar-refractivity contribution in [2.45, 2.75) is 19.9 Å². The first kappa shape index (κ1) is 20.9. The van der Waals surface area contributed by atoms with E-state index in [0.717, 1.165) is 17.4 Å². The molecule has 12 heteroatoms. The number of alkyl halides is 2. The van der Waals surface area contributed by atoms with Crippen LogP contribution in [-0.4, -0.2) is 26.6 Å². The molecule has 4 aromatic heterocycles. The normalized spacial score (nSPS) is 11.4. The maximum atomic E-state index is 13.4. The summed E-state index contributed by atoms with van der Waals surface area (Å²) in [5.41, 5.74) is 5.87. The lowest BCUT2D eigenvalue weighted by molar-refractivity contribution is -0.116. The summed E-state index contributed by atoms with van der Waals surface area (Å²) in [6.45, 7) is 1.50. The molecule has 0 radical (unpaired) electrons. The number of aryl methyl sites for hydroxylation is 1. The van der Waals surface area contributed by atoms with Gasteiger partial charge in [0.05, 0.1) is 22.7 Å². The van der Waals surface area contributed by atoms with E-state index in [0.29, 0.717) is 10.7 Å². The lowest BCUT2D eigenvalue weighted by Gasteiger charge is -2.09. The van der Waals surface area contributed by atoms with Gasteiger partial charge in [0.25, 0.3) is 12.3 Å². The van der Waals surface area contributed by atoms with E-state index in [2.05, 4.69) is 15.4 Å². The van der Waals surface area contributed by atoms with Gasteiger partial charge in [-0.15, -0.1) is 11.3 Å². The van der Waals surface area contributed by atoms with E-state index in [4.69, 9.17) is 21.8 Å². The number of amides is 2. The minimum absolute atomic E-state index is 0.0234. The number of rotatable bonds is 6. The van der Waals surface area contributed by atoms with Gasteiger partial charge in [0.2, 0.25) is 5.91 Å². The van der Waals surface area contributed by atoms with Crippen molar-refractivity contribution >= 4 is 50.7 Å². The third-order valence-corrected chi connectivity index (χ3v) is 5.84. The van der Waals surface area contributed by atoms with Crippen LogP contribution in [0.2, 0.25) is 5.02 Å². The van der Waals surface area contributed by atoms with Crippen LogP contribution >= 0.6 is 22.9 Å². The molecule has 31 heavy (non-hydrogen) atoms. The zero-order chi connectivity index (χ0) is 22.3. The smallest absolute Gasteiger partial charge is 0.280 e. The number of anilines is 1. The third kappa shape index (κ3) is 4.01. The van der Waals surface area contributed by atoms with E-state index in [-0.39, 0.29) is 38.6 Å². The zero-order valence-corrected chi connectivity index (χ0v) is 17.4. The molecule has 160 valence electrons. The fraction of sp³-hybridized carbons (Fsp3) is 0.158. The number of aromatic nitrogens is 3. The number of pyridine rings is 1. The highest BCUT2D eigenvalue weighted by Crippen LogP contribution is 2.42. The third-order valence-electron chi connectivity index (χ3n) is 4.37. The summed E-state index contributed by atoms with van der Waals surface area (Å²) in [5.74, 6) is -1.09. The van der Waals surface area contributed by atoms with Crippen LogP contribution in [0.3, 0.4) is 0 Å². The number of nitrogens with one attached hydrogen (secondary N) is 1. The van der Waals surface area contributed by atoms with Crippen molar-refractivity contribution in [3.63, 3.8) is 0 Å². The molecule has 0 fully saturated rings. The van der Waals surface area contributed by atoms with E-state index in [9.17, 15) is 18.4 Å². The molecule has 0 aromatic carbocycles. The van der Waals surface area contributed by atoms with Gasteiger partial charge < -0.3 is 15.5 Å². The largest absolute Gasteiger partial charge is 0.464 e. The Labute approximate surface area is 182 Å². The monoisotopic (exact) mass is 465 g/mol. The molecule has 4 rings (SSSR count). The average Bonchev–Trinajstić information content (AvgIpc) is 3.41. The van der Waals surface area contributed by atoms with Crippen molar-refractivity contribution < 1.29 is 22.8 Å². The number of fused-ring (bicyclic) bond motifs is 1. The van der Waals surface area contributed by atoms with Gasteiger partial charge in [-0.2, -0.15) is 5.10 Å². The summed E-state index contributed by atoms with van der Waals surface area (Å²) in [4.78, 5) is 28.7. The number of hydrogen-bond donors (Lipinski definition) is 2. The van der Waals surface area contributed by atoms with Crippen LogP contribution in [0.4, 0.5) is 14.5 Å². The molecule has 8 nitrogen and oxygen atoms in total. The number of furan rings is 1. The molecule has 0 unspecified atom stereocenters. The molecule has 0 spiro atoms. The van der Waals surface area contributed by atoms with Gasteiger partial charge in [-0.1, -0.05) is 11.6 Å². The Morgan fingerprint density at radius 2 is 2.19 bits per heavy atom. The second-order valence-electron chi connectivity index (χ2n) is 6.53. The van der Waals surface area contributed by atoms with E-state index in [1.54, 1.807) is 19.1 Å². The molecule has 4 aromatic rings. The van der Waals surface area contributed by atoms with Gasteiger partial charge >= 0.3 is 0 Å². The molecular weight excluding hydrogens is 452 g/mol. The van der Waals surface area contributed by atoms with Crippen molar-refractivity contribution in [2.24, 2.45) is 5.73 Å². The number of hydrogen-bond acceptors (Lipinski definition) is 6. The van der Waals surface area contributed by atoms with Crippen LogP contribution in [-0.2, 0) is 11.3 Å². The number of thiophene rings is 1. The second-order valence-corrected chi connectivity index (χ2v) is 7.94. The highest BCUT2D eigenvalue weighted by molar-refractivity contribution is 7.21. The van der Waals surface area contributed by atoms with Gasteiger partial charge in [-0.05, 0) is 25.1 Å². The zero-order valence-electron chi connectivity index (χ0n) is 15.9. The van der Waals surface area contributed by atoms with Gasteiger partial charge in [-0.3, -0.25) is 14.3 Å². The maximum Gasteiger partial charge on any atom is 0.280 e. The summed E-state index contributed by atoms with van der Waals surface area (Å²) >= 11 is 6.78. The van der Waals surface area contributed by atoms with Gasteiger partial charge in [0, 0.05) is 17.1 Å². The standard InChI is InChI=1S/C19H14ClF2N5O3S/c1-8-10(20)6-27(26-8)7-13(28)25-15-14-9(12-3-2-4-30-12)5-11(17(21)22)24-19(14)31-16(15)18(23)29/h2-6,17H,7H2,1H3,(H2,23,29)(H,25,28). The Morgan fingerprint density at radius 3 is 2.77 bits per heavy atom. The Morgan fingerprint density at radius 1 is 1.42 bits per heavy atom. The number of carbonyl (C=O) groups excluding carboxylic acids is 2. The predicted octanol–water partition coefficient (Wildman–Crippen LogP) is 4.39. The van der Waals surface area contributed by atoms with Crippen LogP contribution in [0, 0.1) is 6.92 Å². The second kappa shape index (κ2) is 8.08. The summed E-state index contributed by atoms with van der Waals surface area (Å²) in [5, 5.41) is 7.43. The summed E-state index contributed by atoms with van der Waals surface area (Å²) < 4.78 is 33.5. The highest BCUT2D eigenvalue weighted by Gasteiger charge is 2.25.